The molecule has 1 aromatic rings. The minimum absolute atomic E-state index is 0.562. The highest BCUT2D eigenvalue weighted by molar-refractivity contribution is 6.01. The molecule has 0 bridgehead atoms. The lowest BCUT2D eigenvalue weighted by Crippen LogP contribution is -2.00. The third kappa shape index (κ3) is 1.40. The average Bonchev–Trinajstić information content (AvgIpc) is 2.85. The van der Waals surface area contributed by atoms with Crippen LogP contribution in [-0.4, -0.2) is 5.71 Å². The van der Waals surface area contributed by atoms with Gasteiger partial charge in [0.25, 0.3) is 0 Å². The molecule has 1 saturated carbocycles. The van der Waals surface area contributed by atoms with Gasteiger partial charge in [0.1, 0.15) is 0 Å². The summed E-state index contributed by atoms with van der Waals surface area (Å²) in [7, 11) is 0. The fourth-order valence-electron chi connectivity index (χ4n) is 1.42. The third-order valence-electron chi connectivity index (χ3n) is 2.31. The summed E-state index contributed by atoms with van der Waals surface area (Å²) in [5.41, 5.74) is 3.19. The van der Waals surface area contributed by atoms with E-state index in [1.165, 1.54) is 18.4 Å². The highest BCUT2D eigenvalue weighted by Crippen LogP contribution is 2.32. The Morgan fingerprint density at radius 1 is 1.42 bits per heavy atom. The molecule has 1 fully saturated rings. The van der Waals surface area contributed by atoms with Gasteiger partial charge in [0.2, 0.25) is 0 Å². The van der Waals surface area contributed by atoms with Crippen LogP contribution >= 0.6 is 0 Å². The lowest BCUT2D eigenvalue weighted by atomic mass is 10.0. The predicted octanol–water partition coefficient (Wildman–Crippen LogP) is 2.77. The summed E-state index contributed by atoms with van der Waals surface area (Å²) in [6.07, 6.45) is 2.43. The molecule has 1 aliphatic carbocycles. The quantitative estimate of drug-likeness (QED) is 0.641. The summed E-state index contributed by atoms with van der Waals surface area (Å²) >= 11 is 0. The lowest BCUT2D eigenvalue weighted by molar-refractivity contribution is 1.16. The first-order valence-electron chi connectivity index (χ1n) is 4.43. The molecular formula is C11H13N. The van der Waals surface area contributed by atoms with Crippen LogP contribution in [0.1, 0.15) is 24.0 Å². The van der Waals surface area contributed by atoms with E-state index in [0.29, 0.717) is 5.92 Å². The van der Waals surface area contributed by atoms with Crippen LogP contribution in [-0.2, 0) is 0 Å². The molecule has 62 valence electrons. The largest absolute Gasteiger partial charge is 0.304 e. The molecule has 0 saturated heterocycles. The molecule has 1 aliphatic rings. The van der Waals surface area contributed by atoms with Crippen molar-refractivity contribution in [1.82, 2.24) is 0 Å². The number of nitrogens with one attached hydrogen (secondary N) is 1. The van der Waals surface area contributed by atoms with Crippen LogP contribution in [0, 0.1) is 18.3 Å². The zero-order chi connectivity index (χ0) is 8.55. The fraction of sp³-hybridized carbons (Fsp3) is 0.364. The Morgan fingerprint density at radius 3 is 2.75 bits per heavy atom. The van der Waals surface area contributed by atoms with E-state index in [0.717, 1.165) is 11.3 Å². The second-order valence-corrected chi connectivity index (χ2v) is 3.56. The van der Waals surface area contributed by atoms with E-state index in [1.54, 1.807) is 0 Å². The molecule has 1 heteroatoms. The molecule has 0 radical (unpaired) electrons. The molecular weight excluding hydrogens is 146 g/mol. The Kier molecular flexibility index (Phi) is 1.72. The molecule has 0 unspecified atom stereocenters. The van der Waals surface area contributed by atoms with E-state index in [4.69, 9.17) is 5.41 Å². The number of aryl methyl sites for hydroxylation is 1. The fourth-order valence-corrected chi connectivity index (χ4v) is 1.42. The predicted molar refractivity (Wildman–Crippen MR) is 50.7 cm³/mol. The van der Waals surface area contributed by atoms with E-state index >= 15 is 0 Å². The highest BCUT2D eigenvalue weighted by atomic mass is 14.5. The number of hydrogen-bond acceptors (Lipinski definition) is 1. The van der Waals surface area contributed by atoms with E-state index in [-0.39, 0.29) is 0 Å². The number of rotatable bonds is 2. The second-order valence-electron chi connectivity index (χ2n) is 3.56. The van der Waals surface area contributed by atoms with Gasteiger partial charge in [-0.2, -0.15) is 0 Å². The van der Waals surface area contributed by atoms with Crippen LogP contribution in [0.2, 0.25) is 0 Å². The van der Waals surface area contributed by atoms with Crippen molar-refractivity contribution >= 4 is 5.71 Å². The minimum Gasteiger partial charge on any atom is -0.304 e. The Morgan fingerprint density at radius 2 is 2.17 bits per heavy atom. The van der Waals surface area contributed by atoms with E-state index in [9.17, 15) is 0 Å². The second kappa shape index (κ2) is 2.74. The SMILES string of the molecule is Cc1cccc(C(=N)C2CC2)c1. The zero-order valence-corrected chi connectivity index (χ0v) is 7.30. The topological polar surface area (TPSA) is 23.9 Å². The molecule has 0 heterocycles. The van der Waals surface area contributed by atoms with Crippen molar-refractivity contribution in [2.45, 2.75) is 19.8 Å². The van der Waals surface area contributed by atoms with Gasteiger partial charge in [-0.05, 0) is 25.3 Å². The lowest BCUT2D eigenvalue weighted by Gasteiger charge is -2.02. The van der Waals surface area contributed by atoms with Gasteiger partial charge in [0.05, 0.1) is 0 Å². The van der Waals surface area contributed by atoms with Crippen LogP contribution in [0.15, 0.2) is 24.3 Å². The summed E-state index contributed by atoms with van der Waals surface area (Å²) in [5, 5.41) is 7.84. The molecule has 12 heavy (non-hydrogen) atoms. The average molecular weight is 159 g/mol. The van der Waals surface area contributed by atoms with E-state index in [1.807, 2.05) is 12.1 Å². The maximum absolute atomic E-state index is 7.84. The summed E-state index contributed by atoms with van der Waals surface area (Å²) in [4.78, 5) is 0. The van der Waals surface area contributed by atoms with Crippen LogP contribution in [0.3, 0.4) is 0 Å². The van der Waals surface area contributed by atoms with Gasteiger partial charge in [-0.15, -0.1) is 0 Å². The Bertz CT molecular complexity index is 311. The first-order chi connectivity index (χ1) is 5.77. The van der Waals surface area contributed by atoms with Crippen molar-refractivity contribution in [3.05, 3.63) is 35.4 Å². The molecule has 0 aromatic heterocycles. The van der Waals surface area contributed by atoms with Crippen molar-refractivity contribution in [3.63, 3.8) is 0 Å². The summed E-state index contributed by atoms with van der Waals surface area (Å²) < 4.78 is 0. The van der Waals surface area contributed by atoms with Gasteiger partial charge in [-0.1, -0.05) is 29.8 Å². The maximum Gasteiger partial charge on any atom is 0.0417 e. The molecule has 0 spiro atoms. The summed E-state index contributed by atoms with van der Waals surface area (Å²) in [6, 6.07) is 8.24. The van der Waals surface area contributed by atoms with Crippen molar-refractivity contribution in [3.8, 4) is 0 Å². The Hall–Kier alpha value is -1.11. The van der Waals surface area contributed by atoms with Gasteiger partial charge < -0.3 is 5.41 Å². The van der Waals surface area contributed by atoms with Crippen molar-refractivity contribution in [2.24, 2.45) is 5.92 Å². The van der Waals surface area contributed by atoms with Gasteiger partial charge in [0.15, 0.2) is 0 Å². The van der Waals surface area contributed by atoms with Crippen LogP contribution in [0.5, 0.6) is 0 Å². The Labute approximate surface area is 72.9 Å². The van der Waals surface area contributed by atoms with Gasteiger partial charge >= 0.3 is 0 Å². The van der Waals surface area contributed by atoms with Crippen LogP contribution in [0.4, 0.5) is 0 Å². The smallest absolute Gasteiger partial charge is 0.0417 e. The normalized spacial score (nSPS) is 16.1. The number of benzene rings is 1. The van der Waals surface area contributed by atoms with Gasteiger partial charge in [0, 0.05) is 11.6 Å². The maximum atomic E-state index is 7.84. The molecule has 1 aromatic carbocycles. The highest BCUT2D eigenvalue weighted by Gasteiger charge is 2.26. The zero-order valence-electron chi connectivity index (χ0n) is 7.30. The molecule has 0 atom stereocenters. The number of hydrogen-bond donors (Lipinski definition) is 1. The van der Waals surface area contributed by atoms with E-state index < -0.39 is 0 Å². The molecule has 2 rings (SSSR count). The summed E-state index contributed by atoms with van der Waals surface area (Å²) in [6.45, 7) is 2.07. The monoisotopic (exact) mass is 159 g/mol. The van der Waals surface area contributed by atoms with E-state index in [2.05, 4.69) is 19.1 Å². The van der Waals surface area contributed by atoms with Crippen molar-refractivity contribution in [2.75, 3.05) is 0 Å². The first-order valence-corrected chi connectivity index (χ1v) is 4.43. The van der Waals surface area contributed by atoms with Crippen molar-refractivity contribution in [1.29, 1.82) is 5.41 Å². The van der Waals surface area contributed by atoms with Gasteiger partial charge in [-0.25, -0.2) is 0 Å². The molecule has 0 aliphatic heterocycles. The molecule has 0 amide bonds. The van der Waals surface area contributed by atoms with Gasteiger partial charge in [-0.3, -0.25) is 0 Å². The van der Waals surface area contributed by atoms with Crippen molar-refractivity contribution < 1.29 is 0 Å². The first kappa shape index (κ1) is 7.53. The summed E-state index contributed by atoms with van der Waals surface area (Å²) in [5.74, 6) is 0.562. The molecule has 1 N–H and O–H groups in total. The van der Waals surface area contributed by atoms with Crippen LogP contribution < -0.4 is 0 Å². The molecule has 1 nitrogen and oxygen atoms in total. The minimum atomic E-state index is 0.562. The standard InChI is InChI=1S/C11H13N/c1-8-3-2-4-10(7-8)11(12)9-5-6-9/h2-4,7,9,12H,5-6H2,1H3. The van der Waals surface area contributed by atoms with Crippen LogP contribution in [0.25, 0.3) is 0 Å². The Balaban J connectivity index is 2.26. The third-order valence-corrected chi connectivity index (χ3v) is 2.31.